The molecule has 0 aliphatic carbocycles. The van der Waals surface area contributed by atoms with Crippen LogP contribution in [0.15, 0.2) is 46.0 Å². The van der Waals surface area contributed by atoms with E-state index < -0.39 is 17.5 Å². The van der Waals surface area contributed by atoms with Crippen molar-refractivity contribution in [3.63, 3.8) is 0 Å². The summed E-state index contributed by atoms with van der Waals surface area (Å²) in [6, 6.07) is 7.15. The summed E-state index contributed by atoms with van der Waals surface area (Å²) in [5.41, 5.74) is 1.46. The van der Waals surface area contributed by atoms with Gasteiger partial charge in [-0.1, -0.05) is 28.9 Å². The standard InChI is InChI=1S/C19H17N5O3S/c1-10-5-4-6-13(7-10)15-22-17(27-23-15)12(3)21-16(25)14-8-20-19-24(18(14)26)9-11(2)28-19/h4-9,12H,1-3H3,(H,21,25)/t12-/m1/s1. The zero-order chi connectivity index (χ0) is 19.8. The van der Waals surface area contributed by atoms with Gasteiger partial charge in [0.15, 0.2) is 4.96 Å². The molecule has 3 heterocycles. The van der Waals surface area contributed by atoms with Gasteiger partial charge in [0.2, 0.25) is 11.7 Å². The van der Waals surface area contributed by atoms with Crippen LogP contribution >= 0.6 is 11.3 Å². The molecule has 0 spiro atoms. The van der Waals surface area contributed by atoms with E-state index in [1.165, 1.54) is 21.9 Å². The van der Waals surface area contributed by atoms with Gasteiger partial charge in [-0.3, -0.25) is 14.0 Å². The molecule has 1 N–H and O–H groups in total. The number of aromatic nitrogens is 4. The quantitative estimate of drug-likeness (QED) is 0.570. The Morgan fingerprint density at radius 1 is 1.32 bits per heavy atom. The maximum Gasteiger partial charge on any atom is 0.271 e. The first kappa shape index (κ1) is 18.1. The highest BCUT2D eigenvalue weighted by Gasteiger charge is 2.21. The first-order valence-electron chi connectivity index (χ1n) is 8.61. The summed E-state index contributed by atoms with van der Waals surface area (Å²) in [5, 5.41) is 6.69. The Balaban J connectivity index is 1.55. The van der Waals surface area contributed by atoms with E-state index in [9.17, 15) is 9.59 Å². The van der Waals surface area contributed by atoms with Crippen molar-refractivity contribution in [2.75, 3.05) is 0 Å². The number of hydrogen-bond donors (Lipinski definition) is 1. The summed E-state index contributed by atoms with van der Waals surface area (Å²) in [4.78, 5) is 35.1. The van der Waals surface area contributed by atoms with E-state index in [0.29, 0.717) is 10.8 Å². The number of carbonyl (C=O) groups is 1. The lowest BCUT2D eigenvalue weighted by atomic mass is 10.1. The van der Waals surface area contributed by atoms with Gasteiger partial charge >= 0.3 is 0 Å². The molecule has 1 atom stereocenters. The van der Waals surface area contributed by atoms with Crippen LogP contribution in [0.4, 0.5) is 0 Å². The Kier molecular flexibility index (Phi) is 4.52. The van der Waals surface area contributed by atoms with Gasteiger partial charge in [0.1, 0.15) is 11.6 Å². The average Bonchev–Trinajstić information content (AvgIpc) is 3.28. The lowest BCUT2D eigenvalue weighted by molar-refractivity contribution is 0.0930. The predicted molar refractivity (Wildman–Crippen MR) is 104 cm³/mol. The summed E-state index contributed by atoms with van der Waals surface area (Å²) < 4.78 is 6.67. The van der Waals surface area contributed by atoms with Crippen molar-refractivity contribution in [1.82, 2.24) is 24.8 Å². The second-order valence-corrected chi connectivity index (χ2v) is 7.71. The molecule has 4 rings (SSSR count). The van der Waals surface area contributed by atoms with Gasteiger partial charge in [0.25, 0.3) is 11.5 Å². The normalized spacial score (nSPS) is 12.2. The van der Waals surface area contributed by atoms with E-state index in [-0.39, 0.29) is 11.5 Å². The summed E-state index contributed by atoms with van der Waals surface area (Å²) in [6.07, 6.45) is 2.96. The monoisotopic (exact) mass is 395 g/mol. The summed E-state index contributed by atoms with van der Waals surface area (Å²) in [5.74, 6) is 0.153. The predicted octanol–water partition coefficient (Wildman–Crippen LogP) is 2.91. The van der Waals surface area contributed by atoms with E-state index in [4.69, 9.17) is 4.52 Å². The third-order valence-electron chi connectivity index (χ3n) is 4.20. The Morgan fingerprint density at radius 2 is 2.14 bits per heavy atom. The van der Waals surface area contributed by atoms with Crippen molar-refractivity contribution < 1.29 is 9.32 Å². The lowest BCUT2D eigenvalue weighted by Crippen LogP contribution is -2.33. The molecule has 3 aromatic heterocycles. The zero-order valence-corrected chi connectivity index (χ0v) is 16.3. The Bertz CT molecular complexity index is 1240. The molecule has 0 saturated heterocycles. The molecule has 9 heteroatoms. The van der Waals surface area contributed by atoms with Crippen molar-refractivity contribution in [2.45, 2.75) is 26.8 Å². The lowest BCUT2D eigenvalue weighted by Gasteiger charge is -2.09. The topological polar surface area (TPSA) is 102 Å². The minimum Gasteiger partial charge on any atom is -0.340 e. The van der Waals surface area contributed by atoms with E-state index in [1.54, 1.807) is 13.1 Å². The summed E-state index contributed by atoms with van der Waals surface area (Å²) in [7, 11) is 0. The number of thiazole rings is 1. The van der Waals surface area contributed by atoms with Crippen LogP contribution in [0.2, 0.25) is 0 Å². The number of amides is 1. The molecule has 0 aliphatic rings. The third-order valence-corrected chi connectivity index (χ3v) is 5.12. The molecule has 0 unspecified atom stereocenters. The van der Waals surface area contributed by atoms with Crippen LogP contribution < -0.4 is 10.9 Å². The second-order valence-electron chi connectivity index (χ2n) is 6.49. The molecular formula is C19H17N5O3S. The highest BCUT2D eigenvalue weighted by Crippen LogP contribution is 2.20. The molecule has 0 radical (unpaired) electrons. The number of fused-ring (bicyclic) bond motifs is 1. The molecule has 8 nitrogen and oxygen atoms in total. The molecule has 0 fully saturated rings. The molecule has 4 aromatic rings. The minimum atomic E-state index is -0.567. The number of benzene rings is 1. The number of aryl methyl sites for hydroxylation is 2. The number of carbonyl (C=O) groups excluding carboxylic acids is 1. The van der Waals surface area contributed by atoms with Crippen LogP contribution in [0, 0.1) is 13.8 Å². The fourth-order valence-corrected chi connectivity index (χ4v) is 3.59. The van der Waals surface area contributed by atoms with Gasteiger partial charge in [0, 0.05) is 22.8 Å². The first-order valence-corrected chi connectivity index (χ1v) is 9.43. The van der Waals surface area contributed by atoms with Crippen LogP contribution in [-0.2, 0) is 0 Å². The highest BCUT2D eigenvalue weighted by molar-refractivity contribution is 7.16. The zero-order valence-electron chi connectivity index (χ0n) is 15.5. The van der Waals surface area contributed by atoms with Gasteiger partial charge in [-0.25, -0.2) is 4.98 Å². The molecule has 0 saturated carbocycles. The second kappa shape index (κ2) is 7.01. The van der Waals surface area contributed by atoms with E-state index >= 15 is 0 Å². The van der Waals surface area contributed by atoms with Crippen molar-refractivity contribution in [3.05, 3.63) is 68.9 Å². The third kappa shape index (κ3) is 3.31. The summed E-state index contributed by atoms with van der Waals surface area (Å²) in [6.45, 7) is 5.57. The number of hydrogen-bond acceptors (Lipinski definition) is 7. The highest BCUT2D eigenvalue weighted by atomic mass is 32.1. The van der Waals surface area contributed by atoms with E-state index in [0.717, 1.165) is 16.0 Å². The molecule has 142 valence electrons. The number of nitrogens with zero attached hydrogens (tertiary/aromatic N) is 4. The number of nitrogens with one attached hydrogen (secondary N) is 1. The molecule has 1 aromatic carbocycles. The van der Waals surface area contributed by atoms with Gasteiger partial charge < -0.3 is 9.84 Å². The minimum absolute atomic E-state index is 0.0411. The Hall–Kier alpha value is -3.33. The van der Waals surface area contributed by atoms with Crippen LogP contribution in [0.25, 0.3) is 16.3 Å². The van der Waals surface area contributed by atoms with E-state index in [1.807, 2.05) is 38.1 Å². The van der Waals surface area contributed by atoms with Gasteiger partial charge in [-0.15, -0.1) is 11.3 Å². The first-order chi connectivity index (χ1) is 13.4. The maximum atomic E-state index is 12.6. The largest absolute Gasteiger partial charge is 0.340 e. The fraction of sp³-hybridized carbons (Fsp3) is 0.211. The van der Waals surface area contributed by atoms with Crippen LogP contribution in [0.5, 0.6) is 0 Å². The maximum absolute atomic E-state index is 12.6. The van der Waals surface area contributed by atoms with Gasteiger partial charge in [-0.2, -0.15) is 4.98 Å². The molecule has 28 heavy (non-hydrogen) atoms. The summed E-state index contributed by atoms with van der Waals surface area (Å²) >= 11 is 1.39. The SMILES string of the molecule is Cc1cccc(-c2noc([C@@H](C)NC(=O)c3cnc4sc(C)cn4c3=O)n2)c1. The molecule has 0 aliphatic heterocycles. The van der Waals surface area contributed by atoms with Gasteiger partial charge in [0.05, 0.1) is 0 Å². The fourth-order valence-electron chi connectivity index (χ4n) is 2.80. The Morgan fingerprint density at radius 3 is 2.93 bits per heavy atom. The molecule has 1 amide bonds. The Labute approximate surface area is 163 Å². The smallest absolute Gasteiger partial charge is 0.271 e. The van der Waals surface area contributed by atoms with Crippen molar-refractivity contribution >= 4 is 22.2 Å². The average molecular weight is 395 g/mol. The molecular weight excluding hydrogens is 378 g/mol. The van der Waals surface area contributed by atoms with Crippen molar-refractivity contribution in [3.8, 4) is 11.4 Å². The van der Waals surface area contributed by atoms with Crippen molar-refractivity contribution in [2.24, 2.45) is 0 Å². The van der Waals surface area contributed by atoms with Crippen LogP contribution in [0.1, 0.15) is 39.7 Å². The van der Waals surface area contributed by atoms with Crippen LogP contribution in [-0.4, -0.2) is 25.4 Å². The van der Waals surface area contributed by atoms with Crippen LogP contribution in [0.3, 0.4) is 0 Å². The number of rotatable bonds is 4. The molecule has 0 bridgehead atoms. The van der Waals surface area contributed by atoms with E-state index in [2.05, 4.69) is 20.4 Å². The van der Waals surface area contributed by atoms with Gasteiger partial charge in [-0.05, 0) is 26.8 Å². The van der Waals surface area contributed by atoms with Crippen molar-refractivity contribution in [1.29, 1.82) is 0 Å².